The zero-order valence-electron chi connectivity index (χ0n) is 13.3. The molecule has 2 aromatic rings. The number of hydrogen-bond acceptors (Lipinski definition) is 3. The van der Waals surface area contributed by atoms with Gasteiger partial charge >= 0.3 is 0 Å². The van der Waals surface area contributed by atoms with Gasteiger partial charge in [0.15, 0.2) is 0 Å². The second kappa shape index (κ2) is 6.84. The highest BCUT2D eigenvalue weighted by Gasteiger charge is 2.19. The van der Waals surface area contributed by atoms with Crippen LogP contribution >= 0.6 is 0 Å². The third-order valence-corrected chi connectivity index (χ3v) is 4.33. The maximum Gasteiger partial charge on any atom is 0.122 e. The van der Waals surface area contributed by atoms with Crippen molar-refractivity contribution in [3.8, 4) is 11.5 Å². The van der Waals surface area contributed by atoms with E-state index in [0.29, 0.717) is 6.04 Å². The molecule has 0 saturated carbocycles. The van der Waals surface area contributed by atoms with Crippen LogP contribution in [-0.4, -0.2) is 14.2 Å². The molecule has 22 heavy (non-hydrogen) atoms. The van der Waals surface area contributed by atoms with Crippen molar-refractivity contribution in [2.75, 3.05) is 14.2 Å². The van der Waals surface area contributed by atoms with Crippen molar-refractivity contribution >= 4 is 0 Å². The van der Waals surface area contributed by atoms with Crippen molar-refractivity contribution in [3.63, 3.8) is 0 Å². The molecule has 2 aromatic carbocycles. The topological polar surface area (TPSA) is 30.5 Å². The molecule has 0 spiro atoms. The summed E-state index contributed by atoms with van der Waals surface area (Å²) in [5, 5.41) is 3.69. The van der Waals surface area contributed by atoms with Crippen molar-refractivity contribution in [1.82, 2.24) is 5.32 Å². The molecule has 1 aliphatic carbocycles. The van der Waals surface area contributed by atoms with Crippen molar-refractivity contribution < 1.29 is 9.47 Å². The Morgan fingerprint density at radius 1 is 1.05 bits per heavy atom. The molecule has 116 valence electrons. The first kappa shape index (κ1) is 14.9. The second-order valence-electron chi connectivity index (χ2n) is 5.75. The second-order valence-corrected chi connectivity index (χ2v) is 5.75. The lowest BCUT2D eigenvalue weighted by Crippen LogP contribution is -2.24. The highest BCUT2D eigenvalue weighted by molar-refractivity contribution is 5.38. The molecule has 0 fully saturated rings. The minimum absolute atomic E-state index is 0.433. The number of methoxy groups -OCH3 is 2. The highest BCUT2D eigenvalue weighted by atomic mass is 16.5. The van der Waals surface area contributed by atoms with Gasteiger partial charge in [0.05, 0.1) is 14.2 Å². The van der Waals surface area contributed by atoms with E-state index in [4.69, 9.17) is 9.47 Å². The fourth-order valence-electron chi connectivity index (χ4n) is 3.18. The van der Waals surface area contributed by atoms with Crippen LogP contribution in [0.25, 0.3) is 0 Å². The number of nitrogens with one attached hydrogen (secondary N) is 1. The standard InChI is InChI=1S/C19H23NO2/c1-21-16-10-14(11-17(12-16)22-2)13-20-19-9-5-7-15-6-3-4-8-18(15)19/h3-4,6,8,10-12,19-20H,5,7,9,13H2,1-2H3/t19-/m0/s1. The Morgan fingerprint density at radius 2 is 1.77 bits per heavy atom. The number of ether oxygens (including phenoxy) is 2. The van der Waals surface area contributed by atoms with Crippen molar-refractivity contribution in [2.24, 2.45) is 0 Å². The summed E-state index contributed by atoms with van der Waals surface area (Å²) in [7, 11) is 3.37. The molecule has 1 aliphatic rings. The summed E-state index contributed by atoms with van der Waals surface area (Å²) in [4.78, 5) is 0. The van der Waals surface area contributed by atoms with Gasteiger partial charge in [0.25, 0.3) is 0 Å². The van der Waals surface area contributed by atoms with E-state index in [1.807, 2.05) is 6.07 Å². The van der Waals surface area contributed by atoms with Crippen molar-refractivity contribution in [2.45, 2.75) is 31.8 Å². The normalized spacial score (nSPS) is 16.9. The summed E-state index contributed by atoms with van der Waals surface area (Å²) in [6.45, 7) is 0.812. The molecule has 3 rings (SSSR count). The lowest BCUT2D eigenvalue weighted by atomic mass is 9.87. The van der Waals surface area contributed by atoms with Gasteiger partial charge < -0.3 is 14.8 Å². The fourth-order valence-corrected chi connectivity index (χ4v) is 3.18. The largest absolute Gasteiger partial charge is 0.497 e. The summed E-state index contributed by atoms with van der Waals surface area (Å²) >= 11 is 0. The Hall–Kier alpha value is -2.00. The average molecular weight is 297 g/mol. The molecule has 0 bridgehead atoms. The predicted molar refractivity (Wildman–Crippen MR) is 88.5 cm³/mol. The molecule has 0 aliphatic heterocycles. The summed E-state index contributed by atoms with van der Waals surface area (Å²) in [5.41, 5.74) is 4.11. The first-order valence-electron chi connectivity index (χ1n) is 7.83. The molecule has 0 unspecified atom stereocenters. The molecular formula is C19H23NO2. The average Bonchev–Trinajstić information content (AvgIpc) is 2.59. The molecule has 0 aromatic heterocycles. The van der Waals surface area contributed by atoms with Gasteiger partial charge in [-0.2, -0.15) is 0 Å². The van der Waals surface area contributed by atoms with Crippen LogP contribution < -0.4 is 14.8 Å². The number of benzene rings is 2. The number of aryl methyl sites for hydroxylation is 1. The highest BCUT2D eigenvalue weighted by Crippen LogP contribution is 2.30. The Labute approximate surface area is 132 Å². The van der Waals surface area contributed by atoms with Gasteiger partial charge in [-0.05, 0) is 48.1 Å². The molecule has 3 nitrogen and oxygen atoms in total. The van der Waals surface area contributed by atoms with Gasteiger partial charge in [-0.3, -0.25) is 0 Å². The summed E-state index contributed by atoms with van der Waals surface area (Å²) in [6.07, 6.45) is 3.63. The maximum absolute atomic E-state index is 5.34. The number of fused-ring (bicyclic) bond motifs is 1. The quantitative estimate of drug-likeness (QED) is 0.908. The fraction of sp³-hybridized carbons (Fsp3) is 0.368. The Bertz CT molecular complexity index is 617. The van der Waals surface area contributed by atoms with E-state index in [1.54, 1.807) is 14.2 Å². The van der Waals surface area contributed by atoms with Gasteiger partial charge in [-0.15, -0.1) is 0 Å². The first-order chi connectivity index (χ1) is 10.8. The Kier molecular flexibility index (Phi) is 4.64. The van der Waals surface area contributed by atoms with Crippen molar-refractivity contribution in [1.29, 1.82) is 0 Å². The van der Waals surface area contributed by atoms with Gasteiger partial charge in [0.1, 0.15) is 11.5 Å². The van der Waals surface area contributed by atoms with E-state index < -0.39 is 0 Å². The molecule has 0 saturated heterocycles. The van der Waals surface area contributed by atoms with Crippen LogP contribution in [0.3, 0.4) is 0 Å². The third kappa shape index (κ3) is 3.25. The smallest absolute Gasteiger partial charge is 0.122 e. The SMILES string of the molecule is COc1cc(CN[C@H]2CCCc3ccccc32)cc(OC)c1. The minimum Gasteiger partial charge on any atom is -0.497 e. The van der Waals surface area contributed by atoms with Crippen LogP contribution in [0.2, 0.25) is 0 Å². The molecular weight excluding hydrogens is 274 g/mol. The number of rotatable bonds is 5. The Morgan fingerprint density at radius 3 is 2.50 bits per heavy atom. The van der Waals surface area contributed by atoms with Gasteiger partial charge in [-0.1, -0.05) is 24.3 Å². The van der Waals surface area contributed by atoms with Crippen LogP contribution in [-0.2, 0) is 13.0 Å². The van der Waals surface area contributed by atoms with Gasteiger partial charge in [-0.25, -0.2) is 0 Å². The lowest BCUT2D eigenvalue weighted by molar-refractivity contribution is 0.392. The van der Waals surface area contributed by atoms with E-state index in [9.17, 15) is 0 Å². The van der Waals surface area contributed by atoms with E-state index >= 15 is 0 Å². The van der Waals surface area contributed by atoms with Crippen molar-refractivity contribution in [3.05, 3.63) is 59.2 Å². The van der Waals surface area contributed by atoms with Crippen LogP contribution in [0.1, 0.15) is 35.6 Å². The molecule has 0 heterocycles. The van der Waals surface area contributed by atoms with Crippen LogP contribution in [0.4, 0.5) is 0 Å². The van der Waals surface area contributed by atoms with Gasteiger partial charge in [0.2, 0.25) is 0 Å². The summed E-state index contributed by atoms with van der Waals surface area (Å²) in [5.74, 6) is 1.67. The van der Waals surface area contributed by atoms with Crippen LogP contribution in [0.5, 0.6) is 11.5 Å². The van der Waals surface area contributed by atoms with Gasteiger partial charge in [0, 0.05) is 18.7 Å². The predicted octanol–water partition coefficient (Wildman–Crippen LogP) is 3.87. The molecule has 0 amide bonds. The molecule has 1 atom stereocenters. The first-order valence-corrected chi connectivity index (χ1v) is 7.83. The van der Waals surface area contributed by atoms with E-state index in [2.05, 4.69) is 41.7 Å². The monoisotopic (exact) mass is 297 g/mol. The van der Waals surface area contributed by atoms with E-state index in [-0.39, 0.29) is 0 Å². The summed E-state index contributed by atoms with van der Waals surface area (Å²) in [6, 6.07) is 15.2. The molecule has 1 N–H and O–H groups in total. The minimum atomic E-state index is 0.433. The van der Waals surface area contributed by atoms with E-state index in [1.165, 1.54) is 36.0 Å². The lowest BCUT2D eigenvalue weighted by Gasteiger charge is -2.26. The van der Waals surface area contributed by atoms with Crippen LogP contribution in [0, 0.1) is 0 Å². The maximum atomic E-state index is 5.34. The van der Waals surface area contributed by atoms with E-state index in [0.717, 1.165) is 18.0 Å². The zero-order chi connectivity index (χ0) is 15.4. The number of hydrogen-bond donors (Lipinski definition) is 1. The summed E-state index contributed by atoms with van der Waals surface area (Å²) < 4.78 is 10.7. The third-order valence-electron chi connectivity index (χ3n) is 4.33. The zero-order valence-corrected chi connectivity index (χ0v) is 13.3. The Balaban J connectivity index is 1.73. The molecule has 3 heteroatoms. The molecule has 0 radical (unpaired) electrons. The van der Waals surface area contributed by atoms with Crippen LogP contribution in [0.15, 0.2) is 42.5 Å².